The van der Waals surface area contributed by atoms with Gasteiger partial charge in [0.15, 0.2) is 0 Å². The highest BCUT2D eigenvalue weighted by Crippen LogP contribution is 2.35. The van der Waals surface area contributed by atoms with Crippen LogP contribution in [-0.2, 0) is 11.2 Å². The lowest BCUT2D eigenvalue weighted by atomic mass is 9.98. The van der Waals surface area contributed by atoms with Crippen LogP contribution in [0, 0.1) is 5.82 Å². The number of aliphatic hydroxyl groups excluding tert-OH is 4. The molecule has 1 aromatic heterocycles. The fraction of sp³-hybridized carbons (Fsp3) is 0.423. The second-order valence-electron chi connectivity index (χ2n) is 9.06. The van der Waals surface area contributed by atoms with Crippen LogP contribution in [0.25, 0.3) is 5.69 Å². The molecule has 2 aromatic carbocycles. The SMILES string of the molecule is COc1ccc(Cc2c(O[C@@H]3O[C@H](CO)[C@@H](O)[C@H](O)[C@H]3O)nn(-c3cccc(F)c3)c2C(C)C)cc1. The molecule has 0 aliphatic carbocycles. The standard InChI is InChI=1S/C26H31FN2O7/c1-14(2)21-19(11-15-7-9-18(34-3)10-8-15)25(28-29(21)17-6-4-5-16(27)12-17)36-26-24(33)23(32)22(31)20(13-30)35-26/h4-10,12,14,20,22-24,26,30-33H,11,13H2,1-3H3/t20-,22-,23+,24-,26+/m1/s1. The van der Waals surface area contributed by atoms with E-state index < -0.39 is 43.1 Å². The summed E-state index contributed by atoms with van der Waals surface area (Å²) in [7, 11) is 1.58. The monoisotopic (exact) mass is 502 g/mol. The zero-order valence-electron chi connectivity index (χ0n) is 20.3. The van der Waals surface area contributed by atoms with E-state index in [9.17, 15) is 24.8 Å². The van der Waals surface area contributed by atoms with Crippen molar-refractivity contribution in [2.45, 2.75) is 56.9 Å². The summed E-state index contributed by atoms with van der Waals surface area (Å²) in [5.74, 6) is 0.339. The molecular formula is C26H31FN2O7. The number of hydrogen-bond donors (Lipinski definition) is 4. The number of aliphatic hydroxyl groups is 4. The van der Waals surface area contributed by atoms with Crippen LogP contribution in [0.2, 0.25) is 0 Å². The molecule has 4 rings (SSSR count). The fourth-order valence-electron chi connectivity index (χ4n) is 4.32. The molecule has 0 bridgehead atoms. The van der Waals surface area contributed by atoms with Crippen LogP contribution in [0.5, 0.6) is 11.6 Å². The van der Waals surface area contributed by atoms with Crippen molar-refractivity contribution in [3.63, 3.8) is 0 Å². The molecule has 0 unspecified atom stereocenters. The molecule has 36 heavy (non-hydrogen) atoms. The Labute approximate surface area is 208 Å². The summed E-state index contributed by atoms with van der Waals surface area (Å²) in [6, 6.07) is 13.5. The molecule has 1 aliphatic rings. The highest BCUT2D eigenvalue weighted by molar-refractivity contribution is 5.45. The van der Waals surface area contributed by atoms with Gasteiger partial charge in [-0.3, -0.25) is 0 Å². The van der Waals surface area contributed by atoms with Crippen molar-refractivity contribution >= 4 is 0 Å². The smallest absolute Gasteiger partial charge is 0.239 e. The van der Waals surface area contributed by atoms with Gasteiger partial charge in [0.1, 0.15) is 36.0 Å². The first-order chi connectivity index (χ1) is 17.2. The Kier molecular flexibility index (Phi) is 7.91. The number of benzene rings is 2. The van der Waals surface area contributed by atoms with Crippen LogP contribution in [0.1, 0.15) is 36.6 Å². The zero-order valence-corrected chi connectivity index (χ0v) is 20.3. The van der Waals surface area contributed by atoms with Crippen LogP contribution in [0.15, 0.2) is 48.5 Å². The largest absolute Gasteiger partial charge is 0.497 e. The molecule has 0 spiro atoms. The zero-order chi connectivity index (χ0) is 26.0. The van der Waals surface area contributed by atoms with E-state index in [2.05, 4.69) is 5.10 Å². The Hall–Kier alpha value is -3.02. The molecule has 2 heterocycles. The Morgan fingerprint density at radius 1 is 1.06 bits per heavy atom. The Morgan fingerprint density at radius 3 is 2.39 bits per heavy atom. The summed E-state index contributed by atoms with van der Waals surface area (Å²) in [6.45, 7) is 3.36. The van der Waals surface area contributed by atoms with Crippen LogP contribution >= 0.6 is 0 Å². The molecule has 9 nitrogen and oxygen atoms in total. The molecule has 1 aliphatic heterocycles. The number of halogens is 1. The van der Waals surface area contributed by atoms with Gasteiger partial charge in [-0.2, -0.15) is 0 Å². The van der Waals surface area contributed by atoms with Gasteiger partial charge in [-0.25, -0.2) is 9.07 Å². The topological polar surface area (TPSA) is 126 Å². The van der Waals surface area contributed by atoms with Crippen LogP contribution in [-0.4, -0.2) is 74.6 Å². The Bertz CT molecular complexity index is 1170. The molecule has 4 N–H and O–H groups in total. The first-order valence-electron chi connectivity index (χ1n) is 11.7. The maximum atomic E-state index is 14.1. The third-order valence-corrected chi connectivity index (χ3v) is 6.20. The maximum absolute atomic E-state index is 14.1. The third-order valence-electron chi connectivity index (χ3n) is 6.20. The average Bonchev–Trinajstić information content (AvgIpc) is 3.22. The van der Waals surface area contributed by atoms with E-state index in [0.717, 1.165) is 11.3 Å². The molecule has 10 heteroatoms. The highest BCUT2D eigenvalue weighted by atomic mass is 19.1. The Balaban J connectivity index is 1.79. The van der Waals surface area contributed by atoms with E-state index in [0.29, 0.717) is 23.4 Å². The molecule has 0 saturated carbocycles. The van der Waals surface area contributed by atoms with Gasteiger partial charge in [0.2, 0.25) is 12.2 Å². The van der Waals surface area contributed by atoms with Crippen molar-refractivity contribution in [3.8, 4) is 17.3 Å². The van der Waals surface area contributed by atoms with E-state index in [-0.39, 0.29) is 11.8 Å². The summed E-state index contributed by atoms with van der Waals surface area (Å²) in [5.41, 5.74) is 2.85. The van der Waals surface area contributed by atoms with E-state index in [1.54, 1.807) is 23.9 Å². The number of ether oxygens (including phenoxy) is 3. The van der Waals surface area contributed by atoms with Crippen LogP contribution in [0.3, 0.4) is 0 Å². The number of nitrogens with zero attached hydrogens (tertiary/aromatic N) is 2. The minimum absolute atomic E-state index is 0.0545. The summed E-state index contributed by atoms with van der Waals surface area (Å²) in [4.78, 5) is 0. The molecule has 0 amide bonds. The molecular weight excluding hydrogens is 471 g/mol. The van der Waals surface area contributed by atoms with E-state index in [1.807, 2.05) is 38.1 Å². The minimum Gasteiger partial charge on any atom is -0.497 e. The second kappa shape index (κ2) is 10.9. The summed E-state index contributed by atoms with van der Waals surface area (Å²) in [6.07, 6.45) is -6.86. The van der Waals surface area contributed by atoms with E-state index in [1.165, 1.54) is 12.1 Å². The van der Waals surface area contributed by atoms with Gasteiger partial charge in [0.05, 0.1) is 25.1 Å². The molecule has 1 saturated heterocycles. The van der Waals surface area contributed by atoms with Crippen LogP contribution < -0.4 is 9.47 Å². The average molecular weight is 503 g/mol. The number of hydrogen-bond acceptors (Lipinski definition) is 8. The first kappa shape index (κ1) is 26.1. The van der Waals surface area contributed by atoms with Gasteiger partial charge < -0.3 is 34.6 Å². The van der Waals surface area contributed by atoms with Gasteiger partial charge in [-0.15, -0.1) is 5.10 Å². The molecule has 194 valence electrons. The van der Waals surface area contributed by atoms with Crippen molar-refractivity contribution < 1.29 is 39.0 Å². The number of aromatic nitrogens is 2. The third kappa shape index (κ3) is 5.23. The van der Waals surface area contributed by atoms with Crippen molar-refractivity contribution in [2.24, 2.45) is 0 Å². The van der Waals surface area contributed by atoms with Gasteiger partial charge in [-0.1, -0.05) is 32.0 Å². The first-order valence-corrected chi connectivity index (χ1v) is 11.7. The lowest BCUT2D eigenvalue weighted by Crippen LogP contribution is -2.60. The van der Waals surface area contributed by atoms with Gasteiger partial charge in [0.25, 0.3) is 0 Å². The van der Waals surface area contributed by atoms with Crippen molar-refractivity contribution in [1.29, 1.82) is 0 Å². The normalized spacial score (nSPS) is 24.2. The quantitative estimate of drug-likeness (QED) is 0.368. The summed E-state index contributed by atoms with van der Waals surface area (Å²) in [5, 5.41) is 45.0. The summed E-state index contributed by atoms with van der Waals surface area (Å²) >= 11 is 0. The molecule has 3 aromatic rings. The van der Waals surface area contributed by atoms with Gasteiger partial charge in [-0.05, 0) is 41.8 Å². The highest BCUT2D eigenvalue weighted by Gasteiger charge is 2.45. The number of methoxy groups -OCH3 is 1. The maximum Gasteiger partial charge on any atom is 0.239 e. The predicted octanol–water partition coefficient (Wildman–Crippen LogP) is 1.91. The predicted molar refractivity (Wildman–Crippen MR) is 128 cm³/mol. The van der Waals surface area contributed by atoms with Crippen molar-refractivity contribution in [1.82, 2.24) is 9.78 Å². The van der Waals surface area contributed by atoms with E-state index in [4.69, 9.17) is 14.2 Å². The van der Waals surface area contributed by atoms with Gasteiger partial charge in [0, 0.05) is 12.0 Å². The molecule has 1 fully saturated rings. The van der Waals surface area contributed by atoms with Crippen molar-refractivity contribution in [3.05, 3.63) is 71.2 Å². The Morgan fingerprint density at radius 2 is 1.78 bits per heavy atom. The fourth-order valence-corrected chi connectivity index (χ4v) is 4.32. The van der Waals surface area contributed by atoms with Crippen molar-refractivity contribution in [2.75, 3.05) is 13.7 Å². The second-order valence-corrected chi connectivity index (χ2v) is 9.06. The molecule has 0 radical (unpaired) electrons. The summed E-state index contributed by atoms with van der Waals surface area (Å²) < 4.78 is 32.4. The minimum atomic E-state index is -1.60. The van der Waals surface area contributed by atoms with Crippen LogP contribution in [0.4, 0.5) is 4.39 Å². The lowest BCUT2D eigenvalue weighted by molar-refractivity contribution is -0.278. The molecule has 5 atom stereocenters. The lowest BCUT2D eigenvalue weighted by Gasteiger charge is -2.39. The van der Waals surface area contributed by atoms with Gasteiger partial charge >= 0.3 is 0 Å². The number of rotatable bonds is 8. The van der Waals surface area contributed by atoms with E-state index >= 15 is 0 Å².